The van der Waals surface area contributed by atoms with Crippen LogP contribution >= 0.6 is 0 Å². The summed E-state index contributed by atoms with van der Waals surface area (Å²) >= 11 is 0. The van der Waals surface area contributed by atoms with E-state index in [1.165, 1.54) is 5.56 Å². The van der Waals surface area contributed by atoms with Crippen LogP contribution in [0, 0.1) is 12.8 Å². The summed E-state index contributed by atoms with van der Waals surface area (Å²) in [4.78, 5) is 6.70. The smallest absolute Gasteiger partial charge is 0.243 e. The molecule has 0 amide bonds. The summed E-state index contributed by atoms with van der Waals surface area (Å²) in [7, 11) is 4.16. The highest BCUT2D eigenvalue weighted by molar-refractivity contribution is 5.45. The van der Waals surface area contributed by atoms with Gasteiger partial charge in [0, 0.05) is 18.8 Å². The number of nitrogens with zero attached hydrogens (tertiary/aromatic N) is 4. The van der Waals surface area contributed by atoms with Gasteiger partial charge in [-0.2, -0.15) is 4.98 Å². The lowest BCUT2D eigenvalue weighted by Gasteiger charge is -2.24. The fraction of sp³-hybridized carbons (Fsp3) is 0.571. The second kappa shape index (κ2) is 5.57. The molecule has 0 saturated heterocycles. The largest absolute Gasteiger partial charge is 0.349 e. The van der Waals surface area contributed by atoms with E-state index >= 15 is 0 Å². The van der Waals surface area contributed by atoms with Gasteiger partial charge in [-0.15, -0.1) is 5.10 Å². The maximum Gasteiger partial charge on any atom is 0.243 e. The molecule has 0 aliphatic carbocycles. The van der Waals surface area contributed by atoms with Crippen molar-refractivity contribution in [3.05, 3.63) is 23.9 Å². The topological polar surface area (TPSA) is 45.5 Å². The molecule has 0 bridgehead atoms. The number of fused-ring (bicyclic) bond motifs is 1. The fourth-order valence-corrected chi connectivity index (χ4v) is 2.03. The van der Waals surface area contributed by atoms with Crippen LogP contribution in [0.25, 0.3) is 5.65 Å². The van der Waals surface area contributed by atoms with Crippen LogP contribution in [-0.2, 0) is 0 Å². The van der Waals surface area contributed by atoms with E-state index in [0.29, 0.717) is 17.9 Å². The average molecular weight is 261 g/mol. The summed E-state index contributed by atoms with van der Waals surface area (Å²) in [6.45, 7) is 7.44. The minimum absolute atomic E-state index is 0.341. The Hall–Kier alpha value is -1.62. The highest BCUT2D eigenvalue weighted by Gasteiger charge is 2.16. The van der Waals surface area contributed by atoms with Gasteiger partial charge in [-0.3, -0.25) is 0 Å². The zero-order chi connectivity index (χ0) is 14.0. The van der Waals surface area contributed by atoms with Crippen molar-refractivity contribution in [2.45, 2.75) is 26.8 Å². The monoisotopic (exact) mass is 261 g/mol. The van der Waals surface area contributed by atoms with Crippen molar-refractivity contribution in [1.82, 2.24) is 19.5 Å². The normalized spacial score (nSPS) is 13.4. The van der Waals surface area contributed by atoms with Crippen molar-refractivity contribution in [3.8, 4) is 0 Å². The molecule has 0 fully saturated rings. The zero-order valence-corrected chi connectivity index (χ0v) is 12.4. The number of rotatable bonds is 5. The molecule has 0 saturated carbocycles. The molecule has 2 rings (SSSR count). The number of aryl methyl sites for hydroxylation is 1. The van der Waals surface area contributed by atoms with Crippen molar-refractivity contribution in [1.29, 1.82) is 0 Å². The number of pyridine rings is 1. The Kier molecular flexibility index (Phi) is 4.04. The van der Waals surface area contributed by atoms with Gasteiger partial charge in [-0.25, -0.2) is 4.52 Å². The third kappa shape index (κ3) is 3.44. The number of hydrogen-bond acceptors (Lipinski definition) is 4. The Bertz CT molecular complexity index is 544. The third-order valence-electron chi connectivity index (χ3n) is 3.17. The van der Waals surface area contributed by atoms with E-state index in [0.717, 1.165) is 12.2 Å². The highest BCUT2D eigenvalue weighted by atomic mass is 15.3. The first-order chi connectivity index (χ1) is 8.95. The van der Waals surface area contributed by atoms with E-state index in [1.54, 1.807) is 0 Å². The second-order valence-electron chi connectivity index (χ2n) is 5.70. The Morgan fingerprint density at radius 1 is 1.37 bits per heavy atom. The molecule has 0 aliphatic rings. The van der Waals surface area contributed by atoms with Gasteiger partial charge >= 0.3 is 0 Å². The van der Waals surface area contributed by atoms with Gasteiger partial charge in [-0.05, 0) is 44.6 Å². The van der Waals surface area contributed by atoms with E-state index in [9.17, 15) is 0 Å². The molecular formula is C14H23N5. The molecule has 19 heavy (non-hydrogen) atoms. The summed E-state index contributed by atoms with van der Waals surface area (Å²) < 4.78 is 1.81. The zero-order valence-electron chi connectivity index (χ0n) is 12.4. The van der Waals surface area contributed by atoms with Crippen LogP contribution in [0.15, 0.2) is 18.3 Å². The number of aromatic nitrogens is 3. The van der Waals surface area contributed by atoms with Crippen molar-refractivity contribution in [2.75, 3.05) is 26.0 Å². The fourth-order valence-electron chi connectivity index (χ4n) is 2.03. The van der Waals surface area contributed by atoms with E-state index in [4.69, 9.17) is 0 Å². The van der Waals surface area contributed by atoms with Crippen LogP contribution in [0.4, 0.5) is 5.95 Å². The van der Waals surface area contributed by atoms with Crippen molar-refractivity contribution < 1.29 is 0 Å². The van der Waals surface area contributed by atoms with Gasteiger partial charge in [0.1, 0.15) is 0 Å². The molecule has 1 unspecified atom stereocenters. The van der Waals surface area contributed by atoms with E-state index < -0.39 is 0 Å². The standard InChI is InChI=1S/C14H23N5/c1-10(2)12(9-18(4)5)15-14-16-13-8-11(3)6-7-19(13)17-14/h6-8,10,12H,9H2,1-5H3,(H,15,17). The summed E-state index contributed by atoms with van der Waals surface area (Å²) in [5.41, 5.74) is 2.08. The minimum Gasteiger partial charge on any atom is -0.349 e. The molecule has 104 valence electrons. The molecule has 0 radical (unpaired) electrons. The Morgan fingerprint density at radius 2 is 2.11 bits per heavy atom. The molecule has 2 aromatic heterocycles. The van der Waals surface area contributed by atoms with Crippen LogP contribution in [0.2, 0.25) is 0 Å². The maximum atomic E-state index is 4.53. The highest BCUT2D eigenvalue weighted by Crippen LogP contribution is 2.12. The number of hydrogen-bond donors (Lipinski definition) is 1. The van der Waals surface area contributed by atoms with Crippen LogP contribution in [0.3, 0.4) is 0 Å². The summed E-state index contributed by atoms with van der Waals surface area (Å²) in [5.74, 6) is 1.22. The lowest BCUT2D eigenvalue weighted by molar-refractivity contribution is 0.343. The molecule has 2 heterocycles. The number of likely N-dealkylation sites (N-methyl/N-ethyl adjacent to an activating group) is 1. The molecule has 0 aromatic carbocycles. The van der Waals surface area contributed by atoms with Gasteiger partial charge in [-0.1, -0.05) is 13.8 Å². The van der Waals surface area contributed by atoms with Gasteiger partial charge in [0.05, 0.1) is 0 Å². The quantitative estimate of drug-likeness (QED) is 0.894. The summed E-state index contributed by atoms with van der Waals surface area (Å²) in [6.07, 6.45) is 1.94. The van der Waals surface area contributed by atoms with Crippen molar-refractivity contribution in [3.63, 3.8) is 0 Å². The lowest BCUT2D eigenvalue weighted by atomic mass is 10.0. The molecular weight excluding hydrogens is 238 g/mol. The van der Waals surface area contributed by atoms with Gasteiger partial charge in [0.25, 0.3) is 0 Å². The predicted molar refractivity (Wildman–Crippen MR) is 78.5 cm³/mol. The van der Waals surface area contributed by atoms with E-state index in [2.05, 4.69) is 55.2 Å². The van der Waals surface area contributed by atoms with E-state index in [-0.39, 0.29) is 0 Å². The first kappa shape index (κ1) is 13.8. The lowest BCUT2D eigenvalue weighted by Crippen LogP contribution is -2.36. The number of anilines is 1. The van der Waals surface area contributed by atoms with Gasteiger partial charge < -0.3 is 10.2 Å². The van der Waals surface area contributed by atoms with Crippen LogP contribution < -0.4 is 5.32 Å². The number of nitrogens with one attached hydrogen (secondary N) is 1. The Labute approximate surface area is 114 Å². The van der Waals surface area contributed by atoms with Crippen molar-refractivity contribution >= 4 is 11.6 Å². The van der Waals surface area contributed by atoms with Crippen LogP contribution in [0.5, 0.6) is 0 Å². The van der Waals surface area contributed by atoms with Gasteiger partial charge in [0.2, 0.25) is 5.95 Å². The summed E-state index contributed by atoms with van der Waals surface area (Å²) in [5, 5.41) is 7.89. The second-order valence-corrected chi connectivity index (χ2v) is 5.70. The van der Waals surface area contributed by atoms with E-state index in [1.807, 2.05) is 22.8 Å². The third-order valence-corrected chi connectivity index (χ3v) is 3.17. The minimum atomic E-state index is 0.341. The molecule has 1 N–H and O–H groups in total. The summed E-state index contributed by atoms with van der Waals surface area (Å²) in [6, 6.07) is 4.41. The molecule has 0 aliphatic heterocycles. The molecule has 2 aromatic rings. The van der Waals surface area contributed by atoms with Crippen LogP contribution in [0.1, 0.15) is 19.4 Å². The van der Waals surface area contributed by atoms with Crippen molar-refractivity contribution in [2.24, 2.45) is 5.92 Å². The first-order valence-corrected chi connectivity index (χ1v) is 6.70. The first-order valence-electron chi connectivity index (χ1n) is 6.70. The Balaban J connectivity index is 2.19. The molecule has 0 spiro atoms. The molecule has 1 atom stereocenters. The maximum absolute atomic E-state index is 4.53. The van der Waals surface area contributed by atoms with Gasteiger partial charge in [0.15, 0.2) is 5.65 Å². The van der Waals surface area contributed by atoms with Crippen LogP contribution in [-0.4, -0.2) is 46.2 Å². The average Bonchev–Trinajstić information content (AvgIpc) is 2.68. The Morgan fingerprint density at radius 3 is 2.74 bits per heavy atom. The SMILES string of the molecule is Cc1ccn2nc(NC(CN(C)C)C(C)C)nc2c1. The molecule has 5 heteroatoms. The predicted octanol–water partition coefficient (Wildman–Crippen LogP) is 2.04. The molecule has 5 nitrogen and oxygen atoms in total.